The van der Waals surface area contributed by atoms with Crippen LogP contribution in [0.15, 0.2) is 30.9 Å². The molecule has 0 spiro atoms. The number of nitrogens with zero attached hydrogens (tertiary/aromatic N) is 5. The fraction of sp³-hybridized carbons (Fsp3) is 0.400. The second kappa shape index (κ2) is 7.21. The van der Waals surface area contributed by atoms with Crippen LogP contribution in [0, 0.1) is 0 Å². The highest BCUT2D eigenvalue weighted by Crippen LogP contribution is 2.23. The maximum atomic E-state index is 6.19. The Bertz CT molecular complexity index is 625. The number of anilines is 3. The van der Waals surface area contributed by atoms with Crippen molar-refractivity contribution < 1.29 is 0 Å². The Morgan fingerprint density at radius 3 is 2.70 bits per heavy atom. The smallest absolute Gasteiger partial charge is 0.169 e. The van der Waals surface area contributed by atoms with Crippen LogP contribution >= 0.6 is 0 Å². The third kappa shape index (κ3) is 4.05. The number of likely N-dealkylation sites (N-methyl/N-ethyl adjacent to an activating group) is 1. The Kier molecular flexibility index (Phi) is 4.84. The van der Waals surface area contributed by atoms with Crippen LogP contribution in [0.3, 0.4) is 0 Å². The van der Waals surface area contributed by atoms with Crippen molar-refractivity contribution in [1.82, 2.24) is 24.9 Å². The second-order valence-electron chi connectivity index (χ2n) is 5.60. The zero-order valence-corrected chi connectivity index (χ0v) is 13.2. The molecular formula is C15H22N8. The molecular weight excluding hydrogens is 292 g/mol. The Hall–Kier alpha value is -2.45. The second-order valence-corrected chi connectivity index (χ2v) is 5.60. The van der Waals surface area contributed by atoms with Crippen molar-refractivity contribution in [3.8, 4) is 0 Å². The topological polar surface area (TPSA) is 95.2 Å². The molecule has 8 heteroatoms. The number of pyridine rings is 1. The van der Waals surface area contributed by atoms with Gasteiger partial charge in [-0.05, 0) is 18.7 Å². The Morgan fingerprint density at radius 2 is 1.96 bits per heavy atom. The van der Waals surface area contributed by atoms with Gasteiger partial charge in [0.25, 0.3) is 0 Å². The largest absolute Gasteiger partial charge is 0.393 e. The van der Waals surface area contributed by atoms with Crippen LogP contribution in [-0.2, 0) is 6.54 Å². The van der Waals surface area contributed by atoms with E-state index < -0.39 is 0 Å². The molecule has 1 saturated heterocycles. The molecule has 0 atom stereocenters. The SMILES string of the molecule is CN1CCN(Nc2ncnc(NCc3cccnc3)c2N)CC1. The Labute approximate surface area is 135 Å². The van der Waals surface area contributed by atoms with Crippen LogP contribution in [0.25, 0.3) is 0 Å². The number of rotatable bonds is 5. The molecule has 0 radical (unpaired) electrons. The van der Waals surface area contributed by atoms with E-state index in [0.29, 0.717) is 23.9 Å². The first-order chi connectivity index (χ1) is 11.2. The minimum Gasteiger partial charge on any atom is -0.393 e. The molecule has 0 aromatic carbocycles. The van der Waals surface area contributed by atoms with Gasteiger partial charge in [0.2, 0.25) is 0 Å². The van der Waals surface area contributed by atoms with Gasteiger partial charge >= 0.3 is 0 Å². The standard InChI is InChI=1S/C15H22N8/c1-22-5-7-23(8-6-22)21-15-13(16)14(19-11-20-15)18-10-12-3-2-4-17-9-12/h2-4,9,11H,5-8,10,16H2,1H3,(H2,18,19,20,21). The molecule has 2 aromatic heterocycles. The normalized spacial score (nSPS) is 16.2. The van der Waals surface area contributed by atoms with Crippen molar-refractivity contribution >= 4 is 17.3 Å². The van der Waals surface area contributed by atoms with Gasteiger partial charge < -0.3 is 21.4 Å². The number of piperazine rings is 1. The Morgan fingerprint density at radius 1 is 1.17 bits per heavy atom. The molecule has 0 bridgehead atoms. The molecule has 1 aliphatic heterocycles. The van der Waals surface area contributed by atoms with Gasteiger partial charge in [0, 0.05) is 45.1 Å². The van der Waals surface area contributed by atoms with E-state index in [1.807, 2.05) is 18.3 Å². The summed E-state index contributed by atoms with van der Waals surface area (Å²) in [6.45, 7) is 4.51. The molecule has 1 fully saturated rings. The number of nitrogen functional groups attached to an aromatic ring is 1. The van der Waals surface area contributed by atoms with Crippen molar-refractivity contribution in [2.24, 2.45) is 0 Å². The van der Waals surface area contributed by atoms with E-state index in [2.05, 4.69) is 42.7 Å². The molecule has 3 heterocycles. The van der Waals surface area contributed by atoms with Crippen LogP contribution in [0.1, 0.15) is 5.56 Å². The van der Waals surface area contributed by atoms with E-state index in [-0.39, 0.29) is 0 Å². The van der Waals surface area contributed by atoms with Gasteiger partial charge in [0.05, 0.1) is 0 Å². The van der Waals surface area contributed by atoms with Crippen LogP contribution in [0.5, 0.6) is 0 Å². The first-order valence-electron chi connectivity index (χ1n) is 7.66. The predicted molar refractivity (Wildman–Crippen MR) is 90.7 cm³/mol. The molecule has 0 amide bonds. The maximum Gasteiger partial charge on any atom is 0.169 e. The molecule has 0 saturated carbocycles. The van der Waals surface area contributed by atoms with Gasteiger partial charge in [-0.25, -0.2) is 15.0 Å². The molecule has 8 nitrogen and oxygen atoms in total. The predicted octanol–water partition coefficient (Wildman–Crippen LogP) is 0.640. The van der Waals surface area contributed by atoms with Crippen LogP contribution < -0.4 is 16.5 Å². The van der Waals surface area contributed by atoms with E-state index in [1.165, 1.54) is 6.33 Å². The van der Waals surface area contributed by atoms with E-state index >= 15 is 0 Å². The summed E-state index contributed by atoms with van der Waals surface area (Å²) in [6, 6.07) is 3.90. The monoisotopic (exact) mass is 314 g/mol. The molecule has 3 rings (SSSR count). The molecule has 0 unspecified atom stereocenters. The summed E-state index contributed by atoms with van der Waals surface area (Å²) in [5.74, 6) is 1.26. The zero-order chi connectivity index (χ0) is 16.1. The zero-order valence-electron chi connectivity index (χ0n) is 13.2. The summed E-state index contributed by atoms with van der Waals surface area (Å²) < 4.78 is 0. The number of hydrazine groups is 1. The lowest BCUT2D eigenvalue weighted by Gasteiger charge is -2.32. The third-order valence-corrected chi connectivity index (χ3v) is 3.83. The fourth-order valence-corrected chi connectivity index (χ4v) is 2.38. The Balaban J connectivity index is 1.63. The average molecular weight is 314 g/mol. The summed E-state index contributed by atoms with van der Waals surface area (Å²) in [5, 5.41) is 5.36. The molecule has 122 valence electrons. The minimum absolute atomic E-state index is 0.523. The van der Waals surface area contributed by atoms with E-state index in [0.717, 1.165) is 31.7 Å². The van der Waals surface area contributed by atoms with Gasteiger partial charge in [0.15, 0.2) is 11.6 Å². The number of hydrogen-bond donors (Lipinski definition) is 3. The van der Waals surface area contributed by atoms with Crippen molar-refractivity contribution in [2.75, 3.05) is 49.7 Å². The lowest BCUT2D eigenvalue weighted by atomic mass is 10.3. The molecule has 0 aliphatic carbocycles. The molecule has 4 N–H and O–H groups in total. The minimum atomic E-state index is 0.523. The van der Waals surface area contributed by atoms with E-state index in [9.17, 15) is 0 Å². The van der Waals surface area contributed by atoms with E-state index in [4.69, 9.17) is 5.73 Å². The van der Waals surface area contributed by atoms with Crippen LogP contribution in [0.2, 0.25) is 0 Å². The lowest BCUT2D eigenvalue weighted by Crippen LogP contribution is -2.47. The highest BCUT2D eigenvalue weighted by Gasteiger charge is 2.16. The average Bonchev–Trinajstić information content (AvgIpc) is 2.58. The summed E-state index contributed by atoms with van der Waals surface area (Å²) in [5.41, 5.74) is 11.1. The number of aromatic nitrogens is 3. The molecule has 23 heavy (non-hydrogen) atoms. The van der Waals surface area contributed by atoms with Gasteiger partial charge in [-0.3, -0.25) is 4.98 Å². The number of nitrogens with two attached hydrogens (primary N) is 1. The van der Waals surface area contributed by atoms with Gasteiger partial charge in [0.1, 0.15) is 12.0 Å². The fourth-order valence-electron chi connectivity index (χ4n) is 2.38. The summed E-state index contributed by atoms with van der Waals surface area (Å²) in [4.78, 5) is 14.9. The van der Waals surface area contributed by atoms with E-state index in [1.54, 1.807) is 6.20 Å². The summed E-state index contributed by atoms with van der Waals surface area (Å²) in [6.07, 6.45) is 5.08. The molecule has 2 aromatic rings. The van der Waals surface area contributed by atoms with Crippen LogP contribution in [-0.4, -0.2) is 58.1 Å². The number of nitrogens with one attached hydrogen (secondary N) is 2. The van der Waals surface area contributed by atoms with Crippen molar-refractivity contribution in [3.05, 3.63) is 36.4 Å². The first-order valence-corrected chi connectivity index (χ1v) is 7.66. The van der Waals surface area contributed by atoms with Crippen molar-refractivity contribution in [1.29, 1.82) is 0 Å². The lowest BCUT2D eigenvalue weighted by molar-refractivity contribution is 0.178. The van der Waals surface area contributed by atoms with Gasteiger partial charge in [-0.1, -0.05) is 6.07 Å². The van der Waals surface area contributed by atoms with Crippen LogP contribution in [0.4, 0.5) is 17.3 Å². The van der Waals surface area contributed by atoms with Gasteiger partial charge in [-0.15, -0.1) is 0 Å². The van der Waals surface area contributed by atoms with Crippen molar-refractivity contribution in [2.45, 2.75) is 6.54 Å². The highest BCUT2D eigenvalue weighted by atomic mass is 15.5. The van der Waals surface area contributed by atoms with Crippen molar-refractivity contribution in [3.63, 3.8) is 0 Å². The molecule has 1 aliphatic rings. The third-order valence-electron chi connectivity index (χ3n) is 3.83. The number of hydrogen-bond acceptors (Lipinski definition) is 8. The highest BCUT2D eigenvalue weighted by molar-refractivity contribution is 5.73. The summed E-state index contributed by atoms with van der Waals surface area (Å²) >= 11 is 0. The summed E-state index contributed by atoms with van der Waals surface area (Å²) in [7, 11) is 2.12. The maximum absolute atomic E-state index is 6.19. The first kappa shape index (κ1) is 15.4. The quantitative estimate of drug-likeness (QED) is 0.740. The van der Waals surface area contributed by atoms with Gasteiger partial charge in [-0.2, -0.15) is 0 Å².